The second-order valence-electron chi connectivity index (χ2n) is 2.78. The highest BCUT2D eigenvalue weighted by molar-refractivity contribution is 9.09. The maximum absolute atomic E-state index is 5.45. The summed E-state index contributed by atoms with van der Waals surface area (Å²) >= 11 is 3.24. The van der Waals surface area contributed by atoms with Crippen LogP contribution in [0.1, 0.15) is 12.0 Å². The van der Waals surface area contributed by atoms with Crippen molar-refractivity contribution in [3.63, 3.8) is 0 Å². The van der Waals surface area contributed by atoms with Crippen LogP contribution >= 0.6 is 15.9 Å². The summed E-state index contributed by atoms with van der Waals surface area (Å²) in [4.78, 5) is 0. The van der Waals surface area contributed by atoms with Gasteiger partial charge in [-0.05, 0) is 5.56 Å². The summed E-state index contributed by atoms with van der Waals surface area (Å²) in [6.45, 7) is 1.38. The first kappa shape index (κ1) is 11.3. The van der Waals surface area contributed by atoms with Crippen molar-refractivity contribution in [3.8, 4) is 11.8 Å². The fraction of sp³-hybridized carbons (Fsp3) is 0.333. The van der Waals surface area contributed by atoms with Crippen molar-refractivity contribution in [2.24, 2.45) is 0 Å². The molecule has 0 N–H and O–H groups in total. The molecule has 14 heavy (non-hydrogen) atoms. The molecule has 0 aromatic heterocycles. The Morgan fingerprint density at radius 2 is 1.93 bits per heavy atom. The SMILES string of the molecule is BrCC#CCCOCc1ccccc1. The second-order valence-corrected chi connectivity index (χ2v) is 3.34. The Morgan fingerprint density at radius 1 is 1.14 bits per heavy atom. The summed E-state index contributed by atoms with van der Waals surface area (Å²) < 4.78 is 5.45. The van der Waals surface area contributed by atoms with Crippen LogP contribution in [-0.4, -0.2) is 11.9 Å². The molecule has 0 atom stereocenters. The minimum atomic E-state index is 0.677. The van der Waals surface area contributed by atoms with E-state index in [1.54, 1.807) is 0 Å². The van der Waals surface area contributed by atoms with E-state index in [4.69, 9.17) is 4.74 Å². The van der Waals surface area contributed by atoms with E-state index in [0.717, 1.165) is 11.8 Å². The van der Waals surface area contributed by atoms with E-state index in [-0.39, 0.29) is 0 Å². The highest BCUT2D eigenvalue weighted by Gasteiger charge is 1.89. The van der Waals surface area contributed by atoms with Crippen LogP contribution in [0.15, 0.2) is 30.3 Å². The highest BCUT2D eigenvalue weighted by atomic mass is 79.9. The summed E-state index contributed by atoms with van der Waals surface area (Å²) in [5, 5.41) is 0.742. The van der Waals surface area contributed by atoms with Crippen molar-refractivity contribution in [2.45, 2.75) is 13.0 Å². The molecule has 0 aliphatic rings. The Hall–Kier alpha value is -0.780. The number of benzene rings is 1. The van der Waals surface area contributed by atoms with Crippen molar-refractivity contribution in [3.05, 3.63) is 35.9 Å². The number of alkyl halides is 1. The topological polar surface area (TPSA) is 9.23 Å². The number of hydrogen-bond donors (Lipinski definition) is 0. The second kappa shape index (κ2) is 7.61. The summed E-state index contributed by atoms with van der Waals surface area (Å²) in [6, 6.07) is 10.2. The van der Waals surface area contributed by atoms with Crippen LogP contribution in [0, 0.1) is 11.8 Å². The zero-order valence-electron chi connectivity index (χ0n) is 8.00. The molecule has 1 nitrogen and oxygen atoms in total. The molecule has 0 fully saturated rings. The molecule has 0 saturated carbocycles. The predicted molar refractivity (Wildman–Crippen MR) is 62.3 cm³/mol. The number of hydrogen-bond acceptors (Lipinski definition) is 1. The van der Waals surface area contributed by atoms with Crippen molar-refractivity contribution in [2.75, 3.05) is 11.9 Å². The van der Waals surface area contributed by atoms with Crippen LogP contribution in [0.4, 0.5) is 0 Å². The quantitative estimate of drug-likeness (QED) is 0.455. The zero-order valence-corrected chi connectivity index (χ0v) is 9.59. The van der Waals surface area contributed by atoms with Crippen LogP contribution in [0.25, 0.3) is 0 Å². The van der Waals surface area contributed by atoms with Gasteiger partial charge in [-0.15, -0.1) is 5.92 Å². The van der Waals surface area contributed by atoms with E-state index in [1.807, 2.05) is 18.2 Å². The molecule has 0 heterocycles. The maximum atomic E-state index is 5.45. The van der Waals surface area contributed by atoms with Crippen LogP contribution in [-0.2, 0) is 11.3 Å². The van der Waals surface area contributed by atoms with Gasteiger partial charge in [0, 0.05) is 6.42 Å². The first-order valence-corrected chi connectivity index (χ1v) is 5.69. The number of ether oxygens (including phenoxy) is 1. The van der Waals surface area contributed by atoms with Crippen LogP contribution in [0.5, 0.6) is 0 Å². The van der Waals surface area contributed by atoms with Gasteiger partial charge in [0.2, 0.25) is 0 Å². The molecule has 0 aliphatic carbocycles. The lowest BCUT2D eigenvalue weighted by Gasteiger charge is -2.00. The number of rotatable bonds is 4. The minimum absolute atomic E-state index is 0.677. The zero-order chi connectivity index (χ0) is 10.1. The molecule has 0 spiro atoms. The first-order valence-electron chi connectivity index (χ1n) is 4.57. The first-order chi connectivity index (χ1) is 6.93. The maximum Gasteiger partial charge on any atom is 0.0717 e. The normalized spacial score (nSPS) is 9.21. The van der Waals surface area contributed by atoms with Gasteiger partial charge in [-0.25, -0.2) is 0 Å². The minimum Gasteiger partial charge on any atom is -0.376 e. The van der Waals surface area contributed by atoms with Gasteiger partial charge < -0.3 is 4.74 Å². The Labute approximate surface area is 93.6 Å². The fourth-order valence-electron chi connectivity index (χ4n) is 1.02. The van der Waals surface area contributed by atoms with Gasteiger partial charge in [0.25, 0.3) is 0 Å². The predicted octanol–water partition coefficient (Wildman–Crippen LogP) is 2.99. The summed E-state index contributed by atoms with van der Waals surface area (Å²) in [5.74, 6) is 5.93. The smallest absolute Gasteiger partial charge is 0.0717 e. The van der Waals surface area contributed by atoms with Gasteiger partial charge >= 0.3 is 0 Å². The average Bonchev–Trinajstić information content (AvgIpc) is 2.25. The Balaban J connectivity index is 2.10. The monoisotopic (exact) mass is 252 g/mol. The Morgan fingerprint density at radius 3 is 2.64 bits per heavy atom. The van der Waals surface area contributed by atoms with Crippen molar-refractivity contribution in [1.29, 1.82) is 0 Å². The molecule has 1 aromatic carbocycles. The Bertz CT molecular complexity index is 297. The third-order valence-corrected chi connectivity index (χ3v) is 1.96. The molecule has 0 amide bonds. The van der Waals surface area contributed by atoms with Gasteiger partial charge in [0.15, 0.2) is 0 Å². The highest BCUT2D eigenvalue weighted by Crippen LogP contribution is 2.00. The van der Waals surface area contributed by atoms with Gasteiger partial charge in [-0.2, -0.15) is 0 Å². The van der Waals surface area contributed by atoms with Crippen molar-refractivity contribution in [1.82, 2.24) is 0 Å². The molecule has 0 bridgehead atoms. The molecule has 0 aliphatic heterocycles. The van der Waals surface area contributed by atoms with Crippen molar-refractivity contribution < 1.29 is 4.74 Å². The summed E-state index contributed by atoms with van der Waals surface area (Å²) in [6.07, 6.45) is 0.804. The molecular formula is C12H13BrO. The van der Waals surface area contributed by atoms with Crippen LogP contribution < -0.4 is 0 Å². The molecule has 0 radical (unpaired) electrons. The van der Waals surface area contributed by atoms with Gasteiger partial charge in [-0.3, -0.25) is 0 Å². The average molecular weight is 253 g/mol. The lowest BCUT2D eigenvalue weighted by Crippen LogP contribution is -1.93. The summed E-state index contributed by atoms with van der Waals surface area (Å²) in [5.41, 5.74) is 1.21. The molecule has 0 saturated heterocycles. The third-order valence-electron chi connectivity index (χ3n) is 1.67. The largest absolute Gasteiger partial charge is 0.376 e. The Kier molecular flexibility index (Phi) is 6.14. The fourth-order valence-corrected chi connectivity index (χ4v) is 1.22. The standard InChI is InChI=1S/C12H13BrO/c13-9-5-2-6-10-14-11-12-7-3-1-4-8-12/h1,3-4,7-8H,6,9-11H2. The van der Waals surface area contributed by atoms with E-state index >= 15 is 0 Å². The third kappa shape index (κ3) is 5.06. The van der Waals surface area contributed by atoms with Gasteiger partial charge in [0.05, 0.1) is 18.5 Å². The van der Waals surface area contributed by atoms with E-state index in [2.05, 4.69) is 39.9 Å². The molecule has 0 unspecified atom stereocenters. The van der Waals surface area contributed by atoms with Crippen LogP contribution in [0.3, 0.4) is 0 Å². The molecule has 1 aromatic rings. The molecule has 74 valence electrons. The summed E-state index contributed by atoms with van der Waals surface area (Å²) in [7, 11) is 0. The molecule has 2 heteroatoms. The molecular weight excluding hydrogens is 240 g/mol. The van der Waals surface area contributed by atoms with Crippen LogP contribution in [0.2, 0.25) is 0 Å². The van der Waals surface area contributed by atoms with E-state index < -0.39 is 0 Å². The lowest BCUT2D eigenvalue weighted by atomic mass is 10.2. The lowest BCUT2D eigenvalue weighted by molar-refractivity contribution is 0.126. The molecule has 1 rings (SSSR count). The van der Waals surface area contributed by atoms with Crippen molar-refractivity contribution >= 4 is 15.9 Å². The van der Waals surface area contributed by atoms with Gasteiger partial charge in [0.1, 0.15) is 0 Å². The van der Waals surface area contributed by atoms with E-state index in [1.165, 1.54) is 5.56 Å². The number of halogens is 1. The van der Waals surface area contributed by atoms with E-state index in [0.29, 0.717) is 13.2 Å². The van der Waals surface area contributed by atoms with E-state index in [9.17, 15) is 0 Å². The van der Waals surface area contributed by atoms with Gasteiger partial charge in [-0.1, -0.05) is 52.2 Å².